The molecule has 1 heterocycles. The van der Waals surface area contributed by atoms with Crippen LogP contribution in [0.1, 0.15) is 51.9 Å². The summed E-state index contributed by atoms with van der Waals surface area (Å²) < 4.78 is 5.26. The van der Waals surface area contributed by atoms with Gasteiger partial charge in [-0.05, 0) is 38.5 Å². The third-order valence-corrected chi connectivity index (χ3v) is 4.31. The molecule has 1 aliphatic carbocycles. The van der Waals surface area contributed by atoms with Gasteiger partial charge in [0, 0.05) is 6.04 Å². The Hall–Kier alpha value is -1.10. The van der Waals surface area contributed by atoms with E-state index in [0.717, 1.165) is 0 Å². The predicted octanol–water partition coefficient (Wildman–Crippen LogP) is 1.70. The molecule has 1 aliphatic heterocycles. The molecule has 2 rings (SSSR count). The maximum atomic E-state index is 12.0. The molecule has 5 heteroatoms. The smallest absolute Gasteiger partial charge is 0.332 e. The van der Waals surface area contributed by atoms with Crippen LogP contribution in [0.25, 0.3) is 0 Å². The summed E-state index contributed by atoms with van der Waals surface area (Å²) >= 11 is 0. The van der Waals surface area contributed by atoms with E-state index < -0.39 is 18.2 Å². The van der Waals surface area contributed by atoms with Gasteiger partial charge in [-0.1, -0.05) is 19.3 Å². The highest BCUT2D eigenvalue weighted by Crippen LogP contribution is 2.27. The summed E-state index contributed by atoms with van der Waals surface area (Å²) in [5.74, 6) is -0.577. The highest BCUT2D eigenvalue weighted by atomic mass is 16.5. The van der Waals surface area contributed by atoms with Crippen molar-refractivity contribution in [3.63, 3.8) is 0 Å². The van der Waals surface area contributed by atoms with Gasteiger partial charge in [0.05, 0.1) is 0 Å². The quantitative estimate of drug-likeness (QED) is 0.814. The van der Waals surface area contributed by atoms with Crippen molar-refractivity contribution in [2.24, 2.45) is 5.92 Å². The second-order valence-corrected chi connectivity index (χ2v) is 5.72. The number of carbonyl (C=O) groups is 2. The van der Waals surface area contributed by atoms with Crippen molar-refractivity contribution < 1.29 is 19.4 Å². The summed E-state index contributed by atoms with van der Waals surface area (Å²) in [5, 5.41) is 11.8. The van der Waals surface area contributed by atoms with Gasteiger partial charge < -0.3 is 15.2 Å². The van der Waals surface area contributed by atoms with E-state index in [4.69, 9.17) is 9.84 Å². The number of hydrogen-bond acceptors (Lipinski definition) is 3. The zero-order valence-electron chi connectivity index (χ0n) is 11.4. The summed E-state index contributed by atoms with van der Waals surface area (Å²) in [5.41, 5.74) is 0. The lowest BCUT2D eigenvalue weighted by molar-refractivity contribution is -0.152. The molecule has 0 bridgehead atoms. The number of aliphatic carboxylic acids is 1. The number of hydrogen-bond donors (Lipinski definition) is 2. The Balaban J connectivity index is 1.79. The average Bonchev–Trinajstić information content (AvgIpc) is 2.89. The van der Waals surface area contributed by atoms with Crippen molar-refractivity contribution in [3.8, 4) is 0 Å². The summed E-state index contributed by atoms with van der Waals surface area (Å²) in [6.45, 7) is 2.04. The number of ether oxygens (including phenoxy) is 1. The van der Waals surface area contributed by atoms with Crippen LogP contribution >= 0.6 is 0 Å². The van der Waals surface area contributed by atoms with Gasteiger partial charge in [-0.3, -0.25) is 4.79 Å². The monoisotopic (exact) mass is 269 g/mol. The van der Waals surface area contributed by atoms with E-state index in [1.165, 1.54) is 32.1 Å². The minimum Gasteiger partial charge on any atom is -0.479 e. The van der Waals surface area contributed by atoms with Crippen LogP contribution < -0.4 is 5.32 Å². The van der Waals surface area contributed by atoms with E-state index >= 15 is 0 Å². The van der Waals surface area contributed by atoms with Crippen molar-refractivity contribution >= 4 is 11.9 Å². The summed E-state index contributed by atoms with van der Waals surface area (Å²) in [7, 11) is 0. The highest BCUT2D eigenvalue weighted by Gasteiger charge is 2.35. The van der Waals surface area contributed by atoms with Crippen LogP contribution in [0.5, 0.6) is 0 Å². The van der Waals surface area contributed by atoms with Crippen LogP contribution in [-0.2, 0) is 14.3 Å². The molecule has 0 radical (unpaired) electrons. The molecule has 0 aromatic rings. The normalized spacial score (nSPS) is 29.9. The zero-order valence-corrected chi connectivity index (χ0v) is 11.4. The van der Waals surface area contributed by atoms with Gasteiger partial charge in [0.15, 0.2) is 6.10 Å². The molecule has 3 atom stereocenters. The molecule has 19 heavy (non-hydrogen) atoms. The van der Waals surface area contributed by atoms with E-state index in [1.807, 2.05) is 6.92 Å². The van der Waals surface area contributed by atoms with Gasteiger partial charge in [0.2, 0.25) is 5.91 Å². The molecule has 1 saturated heterocycles. The first-order valence-corrected chi connectivity index (χ1v) is 7.26. The van der Waals surface area contributed by atoms with Crippen LogP contribution in [0.15, 0.2) is 0 Å². The van der Waals surface area contributed by atoms with Gasteiger partial charge in [-0.2, -0.15) is 0 Å². The second-order valence-electron chi connectivity index (χ2n) is 5.72. The molecular formula is C14H23NO4. The van der Waals surface area contributed by atoms with Gasteiger partial charge in [0.1, 0.15) is 6.10 Å². The maximum absolute atomic E-state index is 12.0. The molecular weight excluding hydrogens is 246 g/mol. The van der Waals surface area contributed by atoms with Crippen molar-refractivity contribution in [3.05, 3.63) is 0 Å². The lowest BCUT2D eigenvalue weighted by Gasteiger charge is -2.29. The van der Waals surface area contributed by atoms with E-state index in [-0.39, 0.29) is 11.9 Å². The predicted molar refractivity (Wildman–Crippen MR) is 69.7 cm³/mol. The third-order valence-electron chi connectivity index (χ3n) is 4.31. The Labute approximate surface area is 113 Å². The largest absolute Gasteiger partial charge is 0.479 e. The van der Waals surface area contributed by atoms with E-state index in [9.17, 15) is 9.59 Å². The first-order chi connectivity index (χ1) is 9.08. The number of carboxylic acid groups (broad SMARTS) is 1. The van der Waals surface area contributed by atoms with Gasteiger partial charge in [-0.25, -0.2) is 4.79 Å². The third kappa shape index (κ3) is 3.69. The minimum atomic E-state index is -0.976. The van der Waals surface area contributed by atoms with Crippen molar-refractivity contribution in [1.82, 2.24) is 5.32 Å². The Morgan fingerprint density at radius 2 is 1.74 bits per heavy atom. The number of amides is 1. The van der Waals surface area contributed by atoms with E-state index in [0.29, 0.717) is 18.8 Å². The summed E-state index contributed by atoms with van der Waals surface area (Å²) in [6.07, 6.45) is 5.63. The number of carbonyl (C=O) groups excluding carboxylic acids is 1. The molecule has 2 N–H and O–H groups in total. The van der Waals surface area contributed by atoms with Crippen LogP contribution in [0.2, 0.25) is 0 Å². The Bertz CT molecular complexity index is 338. The summed E-state index contributed by atoms with van der Waals surface area (Å²) in [4.78, 5) is 22.8. The highest BCUT2D eigenvalue weighted by molar-refractivity contribution is 5.82. The molecule has 2 fully saturated rings. The molecule has 0 aromatic carbocycles. The van der Waals surface area contributed by atoms with Crippen molar-refractivity contribution in [2.75, 3.05) is 0 Å². The van der Waals surface area contributed by atoms with Crippen LogP contribution in [0, 0.1) is 5.92 Å². The van der Waals surface area contributed by atoms with Crippen LogP contribution in [-0.4, -0.2) is 35.2 Å². The molecule has 1 amide bonds. The topological polar surface area (TPSA) is 75.6 Å². The molecule has 1 saturated carbocycles. The van der Waals surface area contributed by atoms with Crippen molar-refractivity contribution in [1.29, 1.82) is 0 Å². The van der Waals surface area contributed by atoms with E-state index in [2.05, 4.69) is 5.32 Å². The Kier molecular flexibility index (Phi) is 4.80. The zero-order chi connectivity index (χ0) is 13.8. The van der Waals surface area contributed by atoms with E-state index in [1.54, 1.807) is 0 Å². The van der Waals surface area contributed by atoms with Gasteiger partial charge in [0.25, 0.3) is 0 Å². The fourth-order valence-corrected chi connectivity index (χ4v) is 3.08. The van der Waals surface area contributed by atoms with Gasteiger partial charge >= 0.3 is 5.97 Å². The minimum absolute atomic E-state index is 0.151. The standard InChI is InChI=1S/C14H23NO4/c1-9(10-5-3-2-4-6-10)15-13(16)11-7-8-12(19-11)14(17)18/h9-12H,2-8H2,1H3,(H,15,16)(H,17,18)/t9-,11+,12-/m1/s1. The molecule has 0 spiro atoms. The Morgan fingerprint density at radius 3 is 2.32 bits per heavy atom. The molecule has 108 valence electrons. The first-order valence-electron chi connectivity index (χ1n) is 7.26. The molecule has 2 aliphatic rings. The number of carboxylic acids is 1. The number of nitrogens with one attached hydrogen (secondary N) is 1. The first kappa shape index (κ1) is 14.3. The lowest BCUT2D eigenvalue weighted by atomic mass is 9.84. The molecule has 0 aromatic heterocycles. The van der Waals surface area contributed by atoms with Gasteiger partial charge in [-0.15, -0.1) is 0 Å². The fourth-order valence-electron chi connectivity index (χ4n) is 3.08. The summed E-state index contributed by atoms with van der Waals surface area (Å²) in [6, 6.07) is 0.153. The average molecular weight is 269 g/mol. The molecule has 0 unspecified atom stereocenters. The van der Waals surface area contributed by atoms with Crippen molar-refractivity contribution in [2.45, 2.75) is 70.1 Å². The number of rotatable bonds is 4. The maximum Gasteiger partial charge on any atom is 0.332 e. The molecule has 5 nitrogen and oxygen atoms in total. The second kappa shape index (κ2) is 6.37. The lowest BCUT2D eigenvalue weighted by Crippen LogP contribution is -2.44. The van der Waals surface area contributed by atoms with Crippen LogP contribution in [0.4, 0.5) is 0 Å². The SMILES string of the molecule is C[C@@H](NC(=O)[C@@H]1CC[C@H](C(=O)O)O1)C1CCCCC1. The fraction of sp³-hybridized carbons (Fsp3) is 0.857. The van der Waals surface area contributed by atoms with Crippen LogP contribution in [0.3, 0.4) is 0 Å². The Morgan fingerprint density at radius 1 is 1.11 bits per heavy atom.